The zero-order valence-corrected chi connectivity index (χ0v) is 11.8. The van der Waals surface area contributed by atoms with Gasteiger partial charge in [0.25, 0.3) is 0 Å². The monoisotopic (exact) mass is 345 g/mol. The van der Waals surface area contributed by atoms with Gasteiger partial charge in [0.1, 0.15) is 10.0 Å². The fourth-order valence-corrected chi connectivity index (χ4v) is 2.84. The molecule has 8 heteroatoms. The molecule has 0 bridgehead atoms. The van der Waals surface area contributed by atoms with Crippen molar-refractivity contribution in [1.82, 2.24) is 0 Å². The predicted octanol–water partition coefficient (Wildman–Crippen LogP) is 6.27. The van der Waals surface area contributed by atoms with Crippen LogP contribution in [0.4, 0.5) is 0 Å². The molecule has 1 aromatic carbocycles. The molecule has 1 nitrogen and oxygen atoms in total. The number of hydrogen-bond acceptors (Lipinski definition) is 0. The average molecular weight is 348 g/mol. The largest absolute Gasteiger partial charge is 0.286 e. The molecule has 0 aromatic heterocycles. The number of alkyl halides is 3. The van der Waals surface area contributed by atoms with Gasteiger partial charge in [-0.3, -0.25) is 5.11 Å². The Morgan fingerprint density at radius 1 is 0.733 bits per heavy atom. The van der Waals surface area contributed by atoms with Crippen LogP contribution < -0.4 is 0 Å². The van der Waals surface area contributed by atoms with Crippen LogP contribution in [0.1, 0.15) is 5.56 Å². The zero-order valence-electron chi connectivity index (χ0n) is 6.55. The van der Waals surface area contributed by atoms with Gasteiger partial charge in [-0.1, -0.05) is 81.2 Å². The summed E-state index contributed by atoms with van der Waals surface area (Å²) in [5.74, 6) is -0.702. The molecule has 0 amide bonds. The lowest BCUT2D eigenvalue weighted by molar-refractivity contribution is 0.355. The van der Waals surface area contributed by atoms with Crippen molar-refractivity contribution in [2.24, 2.45) is 0 Å². The number of benzene rings is 1. The van der Waals surface area contributed by atoms with Gasteiger partial charge in [-0.2, -0.15) is 0 Å². The van der Waals surface area contributed by atoms with Gasteiger partial charge >= 0.3 is 0 Å². The van der Waals surface area contributed by atoms with Crippen LogP contribution >= 0.6 is 81.2 Å². The Hall–Kier alpha value is 1.05. The van der Waals surface area contributed by atoms with Crippen molar-refractivity contribution in [2.75, 3.05) is 0 Å². The van der Waals surface area contributed by atoms with Gasteiger partial charge in [0, 0.05) is 5.56 Å². The van der Waals surface area contributed by atoms with Crippen molar-refractivity contribution in [1.29, 1.82) is 0 Å². The molecule has 0 atom stereocenters. The second-order valence-corrected chi connectivity index (χ2v) is 6.25. The van der Waals surface area contributed by atoms with Crippen LogP contribution in [-0.4, -0.2) is 0 Å². The third-order valence-corrected chi connectivity index (χ3v) is 3.74. The lowest BCUT2D eigenvalue weighted by atomic mass is 10.2. The minimum Gasteiger partial charge on any atom is -0.286 e. The van der Waals surface area contributed by atoms with Crippen LogP contribution in [0.15, 0.2) is 0 Å². The molecule has 0 aliphatic heterocycles. The van der Waals surface area contributed by atoms with Crippen LogP contribution in [0.2, 0.25) is 20.1 Å². The van der Waals surface area contributed by atoms with Gasteiger partial charge in [0.05, 0.1) is 10.0 Å². The minimum absolute atomic E-state index is 0.106. The molecular formula is C7Cl7O. The van der Waals surface area contributed by atoms with Crippen molar-refractivity contribution >= 4 is 81.2 Å². The molecule has 0 saturated carbocycles. The van der Waals surface area contributed by atoms with Gasteiger partial charge in [0.2, 0.25) is 9.54 Å². The first-order valence-electron chi connectivity index (χ1n) is 3.28. The average Bonchev–Trinajstić information content (AvgIpc) is 2.09. The van der Waals surface area contributed by atoms with Crippen molar-refractivity contribution in [3.05, 3.63) is 25.7 Å². The van der Waals surface area contributed by atoms with Gasteiger partial charge < -0.3 is 0 Å². The molecule has 0 heterocycles. The van der Waals surface area contributed by atoms with Crippen molar-refractivity contribution < 1.29 is 5.11 Å². The van der Waals surface area contributed by atoms with E-state index in [-0.39, 0.29) is 25.7 Å². The quantitative estimate of drug-likeness (QED) is 0.389. The number of halogens is 7. The fourth-order valence-electron chi connectivity index (χ4n) is 0.860. The van der Waals surface area contributed by atoms with Gasteiger partial charge in [-0.05, 0) is 0 Å². The Kier molecular flexibility index (Phi) is 4.45. The first kappa shape index (κ1) is 14.1. The molecule has 0 spiro atoms. The lowest BCUT2D eigenvalue weighted by Crippen LogP contribution is -2.03. The summed E-state index contributed by atoms with van der Waals surface area (Å²) in [5, 5.41) is 10.3. The van der Waals surface area contributed by atoms with E-state index in [9.17, 15) is 5.11 Å². The van der Waals surface area contributed by atoms with E-state index in [2.05, 4.69) is 0 Å². The molecule has 1 radical (unpaired) electrons. The van der Waals surface area contributed by atoms with E-state index in [1.807, 2.05) is 0 Å². The normalized spacial score (nSPS) is 11.9. The Bertz CT molecular complexity index is 380. The van der Waals surface area contributed by atoms with Crippen molar-refractivity contribution in [3.8, 4) is 5.75 Å². The molecule has 1 rings (SSSR count). The van der Waals surface area contributed by atoms with E-state index in [0.717, 1.165) is 0 Å². The van der Waals surface area contributed by atoms with Crippen LogP contribution in [-0.2, 0) is 8.90 Å². The first-order valence-corrected chi connectivity index (χ1v) is 5.92. The zero-order chi connectivity index (χ0) is 12.0. The Balaban J connectivity index is 3.68. The highest BCUT2D eigenvalue weighted by atomic mass is 35.6. The maximum absolute atomic E-state index is 11.3. The standard InChI is InChI=1S/C7Cl7O/c8-2-1(7(12,13)14)3(9)5(11)6(15)4(2)10. The highest BCUT2D eigenvalue weighted by Gasteiger charge is 2.33. The van der Waals surface area contributed by atoms with Gasteiger partial charge in [0.15, 0.2) is 0 Å². The third-order valence-electron chi connectivity index (χ3n) is 1.51. The van der Waals surface area contributed by atoms with Crippen LogP contribution in [0.5, 0.6) is 5.75 Å². The second kappa shape index (κ2) is 4.73. The van der Waals surface area contributed by atoms with Crippen LogP contribution in [0.3, 0.4) is 0 Å². The van der Waals surface area contributed by atoms with Crippen LogP contribution in [0, 0.1) is 0 Å². The maximum Gasteiger partial charge on any atom is 0.219 e. The van der Waals surface area contributed by atoms with Crippen molar-refractivity contribution in [3.63, 3.8) is 0 Å². The molecule has 1 aromatic rings. The summed E-state index contributed by atoms with van der Waals surface area (Å²) in [6.45, 7) is 0. The predicted molar refractivity (Wildman–Crippen MR) is 65.9 cm³/mol. The topological polar surface area (TPSA) is 19.9 Å². The summed E-state index contributed by atoms with van der Waals surface area (Å²) >= 11 is 39.5. The summed E-state index contributed by atoms with van der Waals surface area (Å²) < 4.78 is -1.91. The number of hydrogen-bond donors (Lipinski definition) is 0. The minimum atomic E-state index is -1.91. The molecule has 0 saturated heterocycles. The van der Waals surface area contributed by atoms with E-state index < -0.39 is 9.54 Å². The molecule has 0 N–H and O–H groups in total. The smallest absolute Gasteiger partial charge is 0.219 e. The van der Waals surface area contributed by atoms with E-state index in [1.165, 1.54) is 0 Å². The van der Waals surface area contributed by atoms with E-state index in [1.54, 1.807) is 0 Å². The van der Waals surface area contributed by atoms with E-state index >= 15 is 0 Å². The summed E-state index contributed by atoms with van der Waals surface area (Å²) in [6.07, 6.45) is 0. The highest BCUT2D eigenvalue weighted by molar-refractivity contribution is 6.68. The summed E-state index contributed by atoms with van der Waals surface area (Å²) in [4.78, 5) is 0. The van der Waals surface area contributed by atoms with E-state index in [4.69, 9.17) is 81.2 Å². The fraction of sp³-hybridized carbons (Fsp3) is 0.143. The van der Waals surface area contributed by atoms with Gasteiger partial charge in [-0.15, -0.1) is 0 Å². The molecule has 0 fully saturated rings. The SMILES string of the molecule is [O]c1c(Cl)c(Cl)c(C(Cl)(Cl)Cl)c(Cl)c1Cl. The Labute approximate surface area is 121 Å². The Morgan fingerprint density at radius 2 is 1.07 bits per heavy atom. The molecule has 0 aliphatic carbocycles. The molecule has 83 valence electrons. The van der Waals surface area contributed by atoms with Crippen LogP contribution in [0.25, 0.3) is 0 Å². The molecule has 0 aliphatic rings. The summed E-state index contributed by atoms with van der Waals surface area (Å²) in [5.41, 5.74) is -0.106. The number of rotatable bonds is 0. The van der Waals surface area contributed by atoms with Crippen molar-refractivity contribution in [2.45, 2.75) is 3.79 Å². The highest BCUT2D eigenvalue weighted by Crippen LogP contribution is 2.53. The van der Waals surface area contributed by atoms with Gasteiger partial charge in [-0.25, -0.2) is 0 Å². The molecule has 0 unspecified atom stereocenters. The lowest BCUT2D eigenvalue weighted by Gasteiger charge is -2.17. The third kappa shape index (κ3) is 2.66. The summed E-state index contributed by atoms with van der Waals surface area (Å²) in [7, 11) is 0. The molecule has 15 heavy (non-hydrogen) atoms. The Morgan fingerprint density at radius 3 is 1.33 bits per heavy atom. The summed E-state index contributed by atoms with van der Waals surface area (Å²) in [6, 6.07) is 0. The maximum atomic E-state index is 11.3. The molecular weight excluding hydrogens is 348 g/mol. The van der Waals surface area contributed by atoms with E-state index in [0.29, 0.717) is 0 Å². The second-order valence-electron chi connectivity index (χ2n) is 2.46. The first-order chi connectivity index (χ1) is 6.68.